The number of hydrogen-bond donors (Lipinski definition) is 1. The monoisotopic (exact) mass is 333 g/mol. The molecule has 5 aromatic rings. The van der Waals surface area contributed by atoms with Crippen LogP contribution in [0.5, 0.6) is 11.5 Å². The third-order valence-corrected chi connectivity index (χ3v) is 5.24. The molecule has 122 valence electrons. The standard InChI is InChI=1S/C24H15NO/c1-2-8-16-15(7-1)18-10-4-6-12-22(18)26-24-20(16)14-13-19-17-9-3-5-11-21(17)25-23(19)24/h1-14,25H. The van der Waals surface area contributed by atoms with E-state index in [2.05, 4.69) is 77.8 Å². The lowest BCUT2D eigenvalue weighted by Gasteiger charge is -2.10. The largest absolute Gasteiger partial charge is 0.454 e. The van der Waals surface area contributed by atoms with Crippen molar-refractivity contribution in [1.29, 1.82) is 0 Å². The highest BCUT2D eigenvalue weighted by atomic mass is 16.5. The van der Waals surface area contributed by atoms with Crippen molar-refractivity contribution >= 4 is 21.8 Å². The van der Waals surface area contributed by atoms with Crippen LogP contribution in [0, 0.1) is 0 Å². The van der Waals surface area contributed by atoms with Crippen LogP contribution < -0.4 is 4.74 Å². The van der Waals surface area contributed by atoms with Gasteiger partial charge in [0.05, 0.1) is 5.52 Å². The van der Waals surface area contributed by atoms with Gasteiger partial charge in [-0.05, 0) is 29.3 Å². The fourth-order valence-corrected chi connectivity index (χ4v) is 4.05. The Balaban J connectivity index is 1.79. The maximum atomic E-state index is 6.50. The van der Waals surface area contributed by atoms with Gasteiger partial charge in [0.15, 0.2) is 5.75 Å². The molecule has 0 saturated carbocycles. The smallest absolute Gasteiger partial charge is 0.159 e. The van der Waals surface area contributed by atoms with Gasteiger partial charge in [0.1, 0.15) is 5.75 Å². The summed E-state index contributed by atoms with van der Waals surface area (Å²) in [5.74, 6) is 1.79. The molecule has 0 saturated heterocycles. The molecular weight excluding hydrogens is 318 g/mol. The van der Waals surface area contributed by atoms with E-state index in [1.807, 2.05) is 12.1 Å². The van der Waals surface area contributed by atoms with E-state index in [1.165, 1.54) is 21.9 Å². The molecule has 0 amide bonds. The Labute approximate surface area is 150 Å². The summed E-state index contributed by atoms with van der Waals surface area (Å²) in [5, 5.41) is 2.41. The molecule has 1 aliphatic rings. The highest BCUT2D eigenvalue weighted by Gasteiger charge is 2.23. The second-order valence-corrected chi connectivity index (χ2v) is 6.68. The van der Waals surface area contributed by atoms with Crippen molar-refractivity contribution < 1.29 is 4.74 Å². The second-order valence-electron chi connectivity index (χ2n) is 6.68. The molecule has 6 rings (SSSR count). The molecule has 1 aliphatic heterocycles. The lowest BCUT2D eigenvalue weighted by molar-refractivity contribution is 0.492. The number of nitrogens with one attached hydrogen (secondary N) is 1. The van der Waals surface area contributed by atoms with Gasteiger partial charge < -0.3 is 9.72 Å². The fourth-order valence-electron chi connectivity index (χ4n) is 4.05. The highest BCUT2D eigenvalue weighted by molar-refractivity contribution is 6.12. The number of H-pyrrole nitrogens is 1. The van der Waals surface area contributed by atoms with Crippen molar-refractivity contribution in [2.24, 2.45) is 0 Å². The SMILES string of the molecule is c1ccc2c(c1)Oc1c(ccc3c1[nH]c1ccccc13)-c1ccccc1-2. The summed E-state index contributed by atoms with van der Waals surface area (Å²) in [5.41, 5.74) is 6.84. The van der Waals surface area contributed by atoms with Crippen LogP contribution in [0.25, 0.3) is 44.1 Å². The maximum Gasteiger partial charge on any atom is 0.159 e. The molecule has 0 bridgehead atoms. The van der Waals surface area contributed by atoms with E-state index in [9.17, 15) is 0 Å². The summed E-state index contributed by atoms with van der Waals surface area (Å²) < 4.78 is 6.50. The molecule has 26 heavy (non-hydrogen) atoms. The summed E-state index contributed by atoms with van der Waals surface area (Å²) in [4.78, 5) is 3.57. The number of ether oxygens (including phenoxy) is 1. The molecule has 0 radical (unpaired) electrons. The highest BCUT2D eigenvalue weighted by Crippen LogP contribution is 2.49. The maximum absolute atomic E-state index is 6.50. The van der Waals surface area contributed by atoms with Gasteiger partial charge in [-0.15, -0.1) is 0 Å². The van der Waals surface area contributed by atoms with E-state index in [-0.39, 0.29) is 0 Å². The quantitative estimate of drug-likeness (QED) is 0.326. The predicted molar refractivity (Wildman–Crippen MR) is 107 cm³/mol. The Kier molecular flexibility index (Phi) is 2.64. The van der Waals surface area contributed by atoms with Gasteiger partial charge in [0, 0.05) is 27.4 Å². The van der Waals surface area contributed by atoms with Crippen LogP contribution in [-0.2, 0) is 0 Å². The van der Waals surface area contributed by atoms with Crippen molar-refractivity contribution in [1.82, 2.24) is 4.98 Å². The Morgan fingerprint density at radius 1 is 0.538 bits per heavy atom. The van der Waals surface area contributed by atoms with E-state index >= 15 is 0 Å². The molecule has 0 spiro atoms. The van der Waals surface area contributed by atoms with Crippen molar-refractivity contribution in [3.05, 3.63) is 84.9 Å². The summed E-state index contributed by atoms with van der Waals surface area (Å²) in [6, 6.07) is 29.6. The van der Waals surface area contributed by atoms with Gasteiger partial charge in [-0.2, -0.15) is 0 Å². The van der Waals surface area contributed by atoms with Crippen molar-refractivity contribution in [3.8, 4) is 33.8 Å². The molecule has 0 aliphatic carbocycles. The topological polar surface area (TPSA) is 25.0 Å². The van der Waals surface area contributed by atoms with Gasteiger partial charge in [-0.1, -0.05) is 66.7 Å². The Hall–Kier alpha value is -3.52. The first-order valence-corrected chi connectivity index (χ1v) is 8.80. The summed E-state index contributed by atoms with van der Waals surface area (Å²) in [7, 11) is 0. The van der Waals surface area contributed by atoms with Gasteiger partial charge in [-0.25, -0.2) is 0 Å². The average Bonchev–Trinajstić information content (AvgIpc) is 3.01. The zero-order chi connectivity index (χ0) is 17.1. The van der Waals surface area contributed by atoms with Crippen molar-refractivity contribution in [2.45, 2.75) is 0 Å². The zero-order valence-electron chi connectivity index (χ0n) is 14.0. The normalized spacial score (nSPS) is 12.2. The molecule has 4 aromatic carbocycles. The van der Waals surface area contributed by atoms with E-state index in [1.54, 1.807) is 0 Å². The number of rotatable bonds is 0. The van der Waals surface area contributed by atoms with Crippen molar-refractivity contribution in [3.63, 3.8) is 0 Å². The predicted octanol–water partition coefficient (Wildman–Crippen LogP) is 6.76. The molecule has 2 heteroatoms. The lowest BCUT2D eigenvalue weighted by Crippen LogP contribution is -1.87. The lowest BCUT2D eigenvalue weighted by atomic mass is 9.94. The van der Waals surface area contributed by atoms with E-state index in [0.29, 0.717) is 0 Å². The number of benzene rings is 4. The molecule has 1 N–H and O–H groups in total. The molecule has 0 atom stereocenters. The Bertz CT molecular complexity index is 1310. The van der Waals surface area contributed by atoms with Gasteiger partial charge in [0.2, 0.25) is 0 Å². The third kappa shape index (κ3) is 1.76. The molecule has 2 nitrogen and oxygen atoms in total. The Morgan fingerprint density at radius 2 is 1.23 bits per heavy atom. The van der Waals surface area contributed by atoms with Crippen LogP contribution in [0.15, 0.2) is 84.9 Å². The Morgan fingerprint density at radius 3 is 2.12 bits per heavy atom. The van der Waals surface area contributed by atoms with Gasteiger partial charge in [0.25, 0.3) is 0 Å². The minimum atomic E-state index is 0.893. The van der Waals surface area contributed by atoms with E-state index in [0.717, 1.165) is 33.7 Å². The molecule has 2 heterocycles. The van der Waals surface area contributed by atoms with Gasteiger partial charge >= 0.3 is 0 Å². The van der Waals surface area contributed by atoms with Crippen LogP contribution in [0.1, 0.15) is 0 Å². The van der Waals surface area contributed by atoms with Crippen molar-refractivity contribution in [2.75, 3.05) is 0 Å². The number of para-hydroxylation sites is 2. The van der Waals surface area contributed by atoms with Crippen LogP contribution in [0.2, 0.25) is 0 Å². The molecular formula is C24H15NO. The summed E-state index contributed by atoms with van der Waals surface area (Å²) >= 11 is 0. The fraction of sp³-hybridized carbons (Fsp3) is 0. The molecule has 0 unspecified atom stereocenters. The molecule has 1 aromatic heterocycles. The van der Waals surface area contributed by atoms with Crippen LogP contribution >= 0.6 is 0 Å². The third-order valence-electron chi connectivity index (χ3n) is 5.24. The van der Waals surface area contributed by atoms with Crippen LogP contribution in [0.3, 0.4) is 0 Å². The second kappa shape index (κ2) is 4.99. The van der Waals surface area contributed by atoms with Crippen LogP contribution in [0.4, 0.5) is 0 Å². The number of aromatic amines is 1. The minimum absolute atomic E-state index is 0.893. The number of fused-ring (bicyclic) bond motifs is 9. The van der Waals surface area contributed by atoms with E-state index < -0.39 is 0 Å². The first-order valence-electron chi connectivity index (χ1n) is 8.80. The summed E-state index contributed by atoms with van der Waals surface area (Å²) in [6.45, 7) is 0. The number of aromatic nitrogens is 1. The summed E-state index contributed by atoms with van der Waals surface area (Å²) in [6.07, 6.45) is 0. The zero-order valence-corrected chi connectivity index (χ0v) is 14.0. The first-order chi connectivity index (χ1) is 12.9. The minimum Gasteiger partial charge on any atom is -0.454 e. The van der Waals surface area contributed by atoms with Crippen LogP contribution in [-0.4, -0.2) is 4.98 Å². The first kappa shape index (κ1) is 13.7. The number of hydrogen-bond acceptors (Lipinski definition) is 1. The van der Waals surface area contributed by atoms with Gasteiger partial charge in [-0.3, -0.25) is 0 Å². The van der Waals surface area contributed by atoms with E-state index in [4.69, 9.17) is 4.74 Å². The molecule has 0 fully saturated rings. The average molecular weight is 333 g/mol.